The molecule has 1 amide bonds. The van der Waals surface area contributed by atoms with Gasteiger partial charge in [-0.2, -0.15) is 0 Å². The molecule has 2 N–H and O–H groups in total. The van der Waals surface area contributed by atoms with Gasteiger partial charge in [0, 0.05) is 19.1 Å². The van der Waals surface area contributed by atoms with E-state index in [-0.39, 0.29) is 12.0 Å². The van der Waals surface area contributed by atoms with Gasteiger partial charge in [-0.1, -0.05) is 0 Å². The quantitative estimate of drug-likeness (QED) is 0.714. The summed E-state index contributed by atoms with van der Waals surface area (Å²) in [5.74, 6) is 1.36. The molecule has 0 bridgehead atoms. The molecule has 3 fully saturated rings. The highest BCUT2D eigenvalue weighted by Crippen LogP contribution is 2.36. The molecule has 0 spiro atoms. The van der Waals surface area contributed by atoms with E-state index >= 15 is 0 Å². The Morgan fingerprint density at radius 2 is 2.00 bits per heavy atom. The van der Waals surface area contributed by atoms with Crippen LogP contribution in [0.2, 0.25) is 0 Å². The van der Waals surface area contributed by atoms with E-state index in [1.54, 1.807) is 0 Å². The number of amides is 1. The maximum atomic E-state index is 12.3. The lowest BCUT2D eigenvalue weighted by atomic mass is 9.79. The van der Waals surface area contributed by atoms with Crippen molar-refractivity contribution in [2.45, 2.75) is 31.4 Å². The van der Waals surface area contributed by atoms with E-state index < -0.39 is 0 Å². The SMILES string of the molecule is NC1CC[C@@H]2CN(C(=O)C3COCCO3)C[C@@H]2C1. The second kappa shape index (κ2) is 5.15. The normalized spacial score (nSPS) is 40.6. The Kier molecular flexibility index (Phi) is 3.54. The summed E-state index contributed by atoms with van der Waals surface area (Å²) in [5, 5.41) is 0. The monoisotopic (exact) mass is 254 g/mol. The van der Waals surface area contributed by atoms with E-state index in [1.165, 1.54) is 0 Å². The molecule has 5 nitrogen and oxygen atoms in total. The number of likely N-dealkylation sites (tertiary alicyclic amines) is 1. The van der Waals surface area contributed by atoms with Crippen molar-refractivity contribution in [3.8, 4) is 0 Å². The number of carbonyl (C=O) groups excluding carboxylic acids is 1. The first-order valence-corrected chi connectivity index (χ1v) is 6.97. The third kappa shape index (κ3) is 2.39. The van der Waals surface area contributed by atoms with Gasteiger partial charge >= 0.3 is 0 Å². The average Bonchev–Trinajstić information content (AvgIpc) is 2.81. The molecular weight excluding hydrogens is 232 g/mol. The van der Waals surface area contributed by atoms with Gasteiger partial charge in [0.05, 0.1) is 19.8 Å². The predicted octanol–water partition coefficient (Wildman–Crippen LogP) is -0.0124. The number of hydrogen-bond acceptors (Lipinski definition) is 4. The molecular formula is C13H22N2O3. The first-order valence-electron chi connectivity index (χ1n) is 6.97. The minimum Gasteiger partial charge on any atom is -0.376 e. The molecule has 0 aromatic heterocycles. The standard InChI is InChI=1S/C13H22N2O3/c14-11-2-1-9-6-15(7-10(9)5-11)13(16)12-8-17-3-4-18-12/h9-12H,1-8,14H2/t9-,10+,11?,12?/m1/s1. The topological polar surface area (TPSA) is 64.8 Å². The van der Waals surface area contributed by atoms with Gasteiger partial charge in [0.25, 0.3) is 5.91 Å². The van der Waals surface area contributed by atoms with Gasteiger partial charge in [0.2, 0.25) is 0 Å². The molecule has 2 aliphatic heterocycles. The molecule has 1 saturated carbocycles. The predicted molar refractivity (Wildman–Crippen MR) is 65.9 cm³/mol. The molecule has 3 aliphatic rings. The van der Waals surface area contributed by atoms with E-state index in [9.17, 15) is 4.79 Å². The molecule has 5 heteroatoms. The van der Waals surface area contributed by atoms with Gasteiger partial charge < -0.3 is 20.1 Å². The highest BCUT2D eigenvalue weighted by Gasteiger charge is 2.40. The van der Waals surface area contributed by atoms with Crippen LogP contribution in [0.1, 0.15) is 19.3 Å². The van der Waals surface area contributed by atoms with Crippen LogP contribution < -0.4 is 5.73 Å². The molecule has 102 valence electrons. The van der Waals surface area contributed by atoms with Crippen LogP contribution >= 0.6 is 0 Å². The van der Waals surface area contributed by atoms with Gasteiger partial charge in [0.1, 0.15) is 0 Å². The Hall–Kier alpha value is -0.650. The van der Waals surface area contributed by atoms with E-state index in [2.05, 4.69) is 0 Å². The summed E-state index contributed by atoms with van der Waals surface area (Å²) in [6, 6.07) is 0.329. The van der Waals surface area contributed by atoms with Crippen molar-refractivity contribution in [3.05, 3.63) is 0 Å². The third-order valence-electron chi connectivity index (χ3n) is 4.49. The van der Waals surface area contributed by atoms with Crippen molar-refractivity contribution in [2.75, 3.05) is 32.9 Å². The highest BCUT2D eigenvalue weighted by atomic mass is 16.6. The largest absolute Gasteiger partial charge is 0.376 e. The Labute approximate surface area is 108 Å². The minimum atomic E-state index is -0.382. The van der Waals surface area contributed by atoms with Gasteiger partial charge in [-0.15, -0.1) is 0 Å². The van der Waals surface area contributed by atoms with Gasteiger partial charge in [-0.25, -0.2) is 0 Å². The van der Waals surface area contributed by atoms with Crippen LogP contribution in [0.15, 0.2) is 0 Å². The Morgan fingerprint density at radius 1 is 1.17 bits per heavy atom. The number of hydrogen-bond donors (Lipinski definition) is 1. The van der Waals surface area contributed by atoms with Crippen molar-refractivity contribution in [1.29, 1.82) is 0 Å². The van der Waals surface area contributed by atoms with E-state index in [4.69, 9.17) is 15.2 Å². The second-order valence-corrected chi connectivity index (χ2v) is 5.77. The van der Waals surface area contributed by atoms with E-state index in [1.807, 2.05) is 4.90 Å². The average molecular weight is 254 g/mol. The first-order chi connectivity index (χ1) is 8.74. The zero-order valence-electron chi connectivity index (χ0n) is 10.7. The molecule has 0 radical (unpaired) electrons. The molecule has 1 aliphatic carbocycles. The Bertz CT molecular complexity index is 317. The lowest BCUT2D eigenvalue weighted by Gasteiger charge is -2.27. The molecule has 2 unspecified atom stereocenters. The molecule has 4 atom stereocenters. The smallest absolute Gasteiger partial charge is 0.254 e. The molecule has 0 aromatic carbocycles. The van der Waals surface area contributed by atoms with Crippen LogP contribution in [0.25, 0.3) is 0 Å². The summed E-state index contributed by atoms with van der Waals surface area (Å²) in [5.41, 5.74) is 6.01. The van der Waals surface area contributed by atoms with Crippen LogP contribution in [0.5, 0.6) is 0 Å². The van der Waals surface area contributed by atoms with Crippen LogP contribution in [0, 0.1) is 11.8 Å². The Morgan fingerprint density at radius 3 is 2.78 bits per heavy atom. The summed E-state index contributed by atoms with van der Waals surface area (Å²) in [4.78, 5) is 14.3. The maximum Gasteiger partial charge on any atom is 0.254 e. The van der Waals surface area contributed by atoms with E-state index in [0.717, 1.165) is 32.4 Å². The summed E-state index contributed by atoms with van der Waals surface area (Å²) < 4.78 is 10.8. The number of carbonyl (C=O) groups is 1. The minimum absolute atomic E-state index is 0.109. The van der Waals surface area contributed by atoms with Gasteiger partial charge in [-0.3, -0.25) is 4.79 Å². The van der Waals surface area contributed by atoms with Crippen molar-refractivity contribution in [2.24, 2.45) is 17.6 Å². The van der Waals surface area contributed by atoms with Crippen LogP contribution in [0.3, 0.4) is 0 Å². The summed E-state index contributed by atoms with van der Waals surface area (Å²) in [7, 11) is 0. The van der Waals surface area contributed by atoms with Crippen molar-refractivity contribution in [1.82, 2.24) is 4.90 Å². The van der Waals surface area contributed by atoms with E-state index in [0.29, 0.717) is 37.7 Å². The summed E-state index contributed by atoms with van der Waals surface area (Å²) >= 11 is 0. The van der Waals surface area contributed by atoms with Gasteiger partial charge in [0.15, 0.2) is 6.10 Å². The molecule has 0 aromatic rings. The zero-order valence-corrected chi connectivity index (χ0v) is 10.7. The summed E-state index contributed by atoms with van der Waals surface area (Å²) in [6.45, 7) is 3.28. The Balaban J connectivity index is 1.59. The number of nitrogens with two attached hydrogens (primary N) is 1. The fraction of sp³-hybridized carbons (Fsp3) is 0.923. The number of nitrogens with zero attached hydrogens (tertiary/aromatic N) is 1. The number of ether oxygens (including phenoxy) is 2. The lowest BCUT2D eigenvalue weighted by molar-refractivity contribution is -0.157. The van der Waals surface area contributed by atoms with Crippen LogP contribution in [-0.2, 0) is 14.3 Å². The highest BCUT2D eigenvalue weighted by molar-refractivity contribution is 5.81. The molecule has 18 heavy (non-hydrogen) atoms. The maximum absolute atomic E-state index is 12.3. The molecule has 2 saturated heterocycles. The fourth-order valence-corrected chi connectivity index (χ4v) is 3.48. The molecule has 2 heterocycles. The van der Waals surface area contributed by atoms with Crippen LogP contribution in [-0.4, -0.2) is 55.9 Å². The number of rotatable bonds is 1. The van der Waals surface area contributed by atoms with Crippen molar-refractivity contribution >= 4 is 5.91 Å². The molecule has 3 rings (SSSR count). The lowest BCUT2D eigenvalue weighted by Crippen LogP contribution is -2.44. The fourth-order valence-electron chi connectivity index (χ4n) is 3.48. The second-order valence-electron chi connectivity index (χ2n) is 5.77. The van der Waals surface area contributed by atoms with Gasteiger partial charge in [-0.05, 0) is 31.1 Å². The van der Waals surface area contributed by atoms with Crippen LogP contribution in [0.4, 0.5) is 0 Å². The van der Waals surface area contributed by atoms with Crippen molar-refractivity contribution < 1.29 is 14.3 Å². The van der Waals surface area contributed by atoms with Crippen molar-refractivity contribution in [3.63, 3.8) is 0 Å². The number of fused-ring (bicyclic) bond motifs is 1. The first kappa shape index (κ1) is 12.4. The zero-order chi connectivity index (χ0) is 12.5. The third-order valence-corrected chi connectivity index (χ3v) is 4.49. The summed E-state index contributed by atoms with van der Waals surface area (Å²) in [6.07, 6.45) is 2.95.